The minimum Gasteiger partial charge on any atom is -0.497 e. The van der Waals surface area contributed by atoms with Crippen molar-refractivity contribution < 1.29 is 14.6 Å². The first kappa shape index (κ1) is 24.7. The quantitative estimate of drug-likeness (QED) is 0.485. The van der Waals surface area contributed by atoms with E-state index in [1.807, 2.05) is 57.2 Å². The number of carboxylic acid groups (broad SMARTS) is 1. The van der Waals surface area contributed by atoms with Crippen LogP contribution in [-0.4, -0.2) is 64.4 Å². The van der Waals surface area contributed by atoms with Crippen LogP contribution < -0.4 is 15.0 Å². The number of likely N-dealkylation sites (tertiary alicyclic amines) is 1. The molecule has 1 aliphatic heterocycles. The number of anilines is 2. The first-order valence-corrected chi connectivity index (χ1v) is 12.2. The summed E-state index contributed by atoms with van der Waals surface area (Å²) in [5.41, 5.74) is 1.52. The highest BCUT2D eigenvalue weighted by molar-refractivity contribution is 6.04. The van der Waals surface area contributed by atoms with Gasteiger partial charge in [0.05, 0.1) is 18.5 Å². The van der Waals surface area contributed by atoms with Crippen molar-refractivity contribution in [1.82, 2.24) is 14.9 Å². The van der Waals surface area contributed by atoms with Crippen molar-refractivity contribution in [3.63, 3.8) is 0 Å². The smallest absolute Gasteiger partial charge is 0.412 e. The van der Waals surface area contributed by atoms with E-state index in [1.165, 1.54) is 4.90 Å². The van der Waals surface area contributed by atoms with E-state index in [1.54, 1.807) is 13.3 Å². The molecule has 8 heteroatoms. The van der Waals surface area contributed by atoms with Crippen molar-refractivity contribution in [2.75, 3.05) is 37.0 Å². The number of hydrogen-bond donors (Lipinski definition) is 2. The number of likely N-dealkylation sites (N-methyl/N-ethyl adjacent to an activating group) is 1. The van der Waals surface area contributed by atoms with E-state index in [4.69, 9.17) is 9.72 Å². The first-order valence-electron chi connectivity index (χ1n) is 12.2. The van der Waals surface area contributed by atoms with E-state index in [0.29, 0.717) is 23.4 Å². The van der Waals surface area contributed by atoms with Gasteiger partial charge in [0.25, 0.3) is 0 Å². The number of piperidine rings is 1. The van der Waals surface area contributed by atoms with Crippen LogP contribution in [0.4, 0.5) is 16.4 Å². The van der Waals surface area contributed by atoms with E-state index < -0.39 is 11.6 Å². The second kappa shape index (κ2) is 10.1. The summed E-state index contributed by atoms with van der Waals surface area (Å²) < 4.78 is 5.42. The molecule has 3 aromatic rings. The van der Waals surface area contributed by atoms with Gasteiger partial charge in [-0.3, -0.25) is 4.90 Å². The Morgan fingerprint density at radius 2 is 2.06 bits per heavy atom. The SMILES string of the molecule is CCN1CCCC(Nc2nccc(-c3cc(N(C(=O)O)C(C)(C)C)c4cc(OC)ccc4c3)n2)C1. The maximum Gasteiger partial charge on any atom is 0.412 e. The Hall–Kier alpha value is -3.39. The molecule has 0 bridgehead atoms. The fourth-order valence-electron chi connectivity index (χ4n) is 4.76. The average Bonchev–Trinajstić information content (AvgIpc) is 2.83. The second-order valence-corrected chi connectivity index (χ2v) is 10.0. The average molecular weight is 478 g/mol. The molecular weight excluding hydrogens is 442 g/mol. The molecule has 1 amide bonds. The highest BCUT2D eigenvalue weighted by Crippen LogP contribution is 2.37. The van der Waals surface area contributed by atoms with Crippen molar-refractivity contribution >= 4 is 28.5 Å². The van der Waals surface area contributed by atoms with E-state index in [0.717, 1.165) is 54.5 Å². The van der Waals surface area contributed by atoms with E-state index in [2.05, 4.69) is 22.1 Å². The van der Waals surface area contributed by atoms with Crippen LogP contribution in [0.1, 0.15) is 40.5 Å². The van der Waals surface area contributed by atoms with Gasteiger partial charge in [-0.25, -0.2) is 14.8 Å². The topological polar surface area (TPSA) is 90.8 Å². The van der Waals surface area contributed by atoms with E-state index >= 15 is 0 Å². The van der Waals surface area contributed by atoms with Gasteiger partial charge in [-0.05, 0) is 82.4 Å². The standard InChI is InChI=1S/C27H35N5O3/c1-6-31-13-7-8-20(17-31)29-25-28-12-11-23(30-25)19-14-18-9-10-21(35-5)16-22(18)24(15-19)32(26(33)34)27(2,3)4/h9-12,14-16,20H,6-8,13,17H2,1-5H3,(H,33,34)(H,28,29,30). The molecule has 2 heterocycles. The highest BCUT2D eigenvalue weighted by Gasteiger charge is 2.30. The molecule has 1 saturated heterocycles. The van der Waals surface area contributed by atoms with E-state index in [9.17, 15) is 9.90 Å². The molecule has 1 unspecified atom stereocenters. The first-order chi connectivity index (χ1) is 16.7. The zero-order valence-corrected chi connectivity index (χ0v) is 21.2. The lowest BCUT2D eigenvalue weighted by Crippen LogP contribution is -2.45. The van der Waals surface area contributed by atoms with Gasteiger partial charge in [-0.1, -0.05) is 13.0 Å². The Labute approximate surface area is 206 Å². The summed E-state index contributed by atoms with van der Waals surface area (Å²) >= 11 is 0. The van der Waals surface area contributed by atoms with Crippen molar-refractivity contribution in [1.29, 1.82) is 0 Å². The number of carbonyl (C=O) groups is 1. The molecule has 2 N–H and O–H groups in total. The maximum absolute atomic E-state index is 12.4. The number of nitrogens with zero attached hydrogens (tertiary/aromatic N) is 4. The van der Waals surface area contributed by atoms with Gasteiger partial charge in [-0.2, -0.15) is 0 Å². The molecule has 1 fully saturated rings. The number of ether oxygens (including phenoxy) is 1. The number of aromatic nitrogens is 2. The second-order valence-electron chi connectivity index (χ2n) is 10.0. The van der Waals surface area contributed by atoms with Gasteiger partial charge in [-0.15, -0.1) is 0 Å². The van der Waals surface area contributed by atoms with E-state index in [-0.39, 0.29) is 0 Å². The zero-order valence-electron chi connectivity index (χ0n) is 21.2. The number of nitrogens with one attached hydrogen (secondary N) is 1. The largest absolute Gasteiger partial charge is 0.497 e. The minimum atomic E-state index is -1.01. The van der Waals surface area contributed by atoms with Gasteiger partial charge in [0.2, 0.25) is 5.95 Å². The molecule has 1 atom stereocenters. The lowest BCUT2D eigenvalue weighted by Gasteiger charge is -2.34. The summed E-state index contributed by atoms with van der Waals surface area (Å²) in [5.74, 6) is 1.26. The normalized spacial score (nSPS) is 16.8. The molecule has 0 saturated carbocycles. The fraction of sp³-hybridized carbons (Fsp3) is 0.444. The summed E-state index contributed by atoms with van der Waals surface area (Å²) in [4.78, 5) is 25.5. The molecular formula is C27H35N5O3. The third-order valence-electron chi connectivity index (χ3n) is 6.48. The van der Waals surface area contributed by atoms with Crippen LogP contribution in [0.5, 0.6) is 5.75 Å². The summed E-state index contributed by atoms with van der Waals surface area (Å²) in [6.45, 7) is 11.0. The molecule has 186 valence electrons. The Balaban J connectivity index is 1.77. The zero-order chi connectivity index (χ0) is 25.2. The lowest BCUT2D eigenvalue weighted by molar-refractivity contribution is 0.196. The van der Waals surface area contributed by atoms with Crippen molar-refractivity contribution in [3.8, 4) is 17.0 Å². The fourth-order valence-corrected chi connectivity index (χ4v) is 4.76. The summed E-state index contributed by atoms with van der Waals surface area (Å²) in [7, 11) is 1.61. The molecule has 0 spiro atoms. The Bertz CT molecular complexity index is 1210. The molecule has 1 aliphatic rings. The van der Waals surface area contributed by atoms with Gasteiger partial charge in [0.15, 0.2) is 0 Å². The molecule has 0 radical (unpaired) electrons. The van der Waals surface area contributed by atoms with Crippen molar-refractivity contribution in [3.05, 3.63) is 42.6 Å². The van der Waals surface area contributed by atoms with Crippen LogP contribution >= 0.6 is 0 Å². The van der Waals surface area contributed by atoms with Crippen LogP contribution in [-0.2, 0) is 0 Å². The lowest BCUT2D eigenvalue weighted by atomic mass is 9.98. The van der Waals surface area contributed by atoms with Crippen LogP contribution in [0, 0.1) is 0 Å². The highest BCUT2D eigenvalue weighted by atomic mass is 16.5. The Morgan fingerprint density at radius 1 is 1.26 bits per heavy atom. The predicted molar refractivity (Wildman–Crippen MR) is 141 cm³/mol. The Morgan fingerprint density at radius 3 is 2.74 bits per heavy atom. The summed E-state index contributed by atoms with van der Waals surface area (Å²) in [6.07, 6.45) is 2.98. The summed E-state index contributed by atoms with van der Waals surface area (Å²) in [6, 6.07) is 11.8. The van der Waals surface area contributed by atoms with Crippen molar-refractivity contribution in [2.24, 2.45) is 0 Å². The Kier molecular flexibility index (Phi) is 7.12. The van der Waals surface area contributed by atoms with Crippen LogP contribution in [0.2, 0.25) is 0 Å². The molecule has 35 heavy (non-hydrogen) atoms. The molecule has 0 aliphatic carbocycles. The monoisotopic (exact) mass is 477 g/mol. The van der Waals surface area contributed by atoms with Gasteiger partial charge in [0.1, 0.15) is 5.75 Å². The number of hydrogen-bond acceptors (Lipinski definition) is 6. The van der Waals surface area contributed by atoms with Gasteiger partial charge < -0.3 is 20.1 Å². The predicted octanol–water partition coefficient (Wildman–Crippen LogP) is 5.48. The number of methoxy groups -OCH3 is 1. The third-order valence-corrected chi connectivity index (χ3v) is 6.48. The molecule has 4 rings (SSSR count). The summed E-state index contributed by atoms with van der Waals surface area (Å²) in [5, 5.41) is 15.4. The molecule has 1 aromatic heterocycles. The third kappa shape index (κ3) is 5.48. The molecule has 2 aromatic carbocycles. The number of amides is 1. The molecule has 8 nitrogen and oxygen atoms in total. The van der Waals surface area contributed by atoms with Crippen molar-refractivity contribution in [2.45, 2.75) is 52.1 Å². The van der Waals surface area contributed by atoms with Crippen LogP contribution in [0.3, 0.4) is 0 Å². The number of benzene rings is 2. The van der Waals surface area contributed by atoms with Crippen LogP contribution in [0.15, 0.2) is 42.6 Å². The minimum absolute atomic E-state index is 0.307. The number of fused-ring (bicyclic) bond motifs is 1. The maximum atomic E-state index is 12.4. The van der Waals surface area contributed by atoms with Gasteiger partial charge >= 0.3 is 6.09 Å². The number of rotatable bonds is 6. The van der Waals surface area contributed by atoms with Crippen LogP contribution in [0.25, 0.3) is 22.0 Å². The van der Waals surface area contributed by atoms with Gasteiger partial charge in [0, 0.05) is 35.3 Å².